The molecule has 2 N–H and O–H groups in total. The van der Waals surface area contributed by atoms with Gasteiger partial charge in [-0.05, 0) is 30.6 Å². The maximum absolute atomic E-state index is 13.3. The smallest absolute Gasteiger partial charge is 0.326 e. The number of hydrogen-bond acceptors (Lipinski definition) is 4. The second kappa shape index (κ2) is 8.46. The summed E-state index contributed by atoms with van der Waals surface area (Å²) >= 11 is 1.46. The molecule has 0 bridgehead atoms. The van der Waals surface area contributed by atoms with Crippen molar-refractivity contribution in [2.45, 2.75) is 12.5 Å². The number of hydrogen-bond donors (Lipinski definition) is 2. The van der Waals surface area contributed by atoms with Crippen LogP contribution in [-0.2, 0) is 9.59 Å². The normalized spacial score (nSPS) is 11.8. The van der Waals surface area contributed by atoms with Crippen LogP contribution < -0.4 is 10.1 Å². The van der Waals surface area contributed by atoms with Crippen molar-refractivity contribution in [3.05, 3.63) is 29.8 Å². The second-order valence-corrected chi connectivity index (χ2v) is 5.09. The van der Waals surface area contributed by atoms with Gasteiger partial charge in [0.25, 0.3) is 5.91 Å². The molecule has 21 heavy (non-hydrogen) atoms. The van der Waals surface area contributed by atoms with Gasteiger partial charge in [0.1, 0.15) is 11.9 Å². The molecule has 0 unspecified atom stereocenters. The number of rotatable bonds is 8. The van der Waals surface area contributed by atoms with Crippen molar-refractivity contribution in [1.82, 2.24) is 5.32 Å². The molecule has 5 nitrogen and oxygen atoms in total. The molecule has 0 heterocycles. The Kier molecular flexibility index (Phi) is 6.93. The van der Waals surface area contributed by atoms with Gasteiger partial charge >= 0.3 is 5.97 Å². The average Bonchev–Trinajstić information content (AvgIpc) is 2.42. The van der Waals surface area contributed by atoms with Crippen LogP contribution in [0.5, 0.6) is 5.75 Å². The SMILES string of the molecule is CSCC[C@H](NC(=O)COc1ccc(F)cc1F)C(=O)O. The summed E-state index contributed by atoms with van der Waals surface area (Å²) in [6.45, 7) is -0.550. The molecule has 0 spiro atoms. The fourth-order valence-corrected chi connectivity index (χ4v) is 1.94. The van der Waals surface area contributed by atoms with Crippen LogP contribution in [0.2, 0.25) is 0 Å². The van der Waals surface area contributed by atoms with Gasteiger partial charge in [0.05, 0.1) is 0 Å². The van der Waals surface area contributed by atoms with E-state index in [4.69, 9.17) is 9.84 Å². The summed E-state index contributed by atoms with van der Waals surface area (Å²) < 4.78 is 30.8. The van der Waals surface area contributed by atoms with Crippen LogP contribution in [0.3, 0.4) is 0 Å². The van der Waals surface area contributed by atoms with Gasteiger partial charge in [0.15, 0.2) is 18.2 Å². The van der Waals surface area contributed by atoms with Crippen molar-refractivity contribution in [3.63, 3.8) is 0 Å². The largest absolute Gasteiger partial charge is 0.481 e. The quantitative estimate of drug-likeness (QED) is 0.762. The van der Waals surface area contributed by atoms with E-state index in [0.717, 1.165) is 12.1 Å². The summed E-state index contributed by atoms with van der Waals surface area (Å²) in [6.07, 6.45) is 2.09. The predicted octanol–water partition coefficient (Wildman–Crippen LogP) is 1.67. The van der Waals surface area contributed by atoms with Crippen LogP contribution in [0.1, 0.15) is 6.42 Å². The van der Waals surface area contributed by atoms with Gasteiger partial charge in [-0.3, -0.25) is 4.79 Å². The van der Waals surface area contributed by atoms with E-state index in [1.54, 1.807) is 0 Å². The number of nitrogens with one attached hydrogen (secondary N) is 1. The van der Waals surface area contributed by atoms with Gasteiger partial charge in [-0.2, -0.15) is 11.8 Å². The lowest BCUT2D eigenvalue weighted by molar-refractivity contribution is -0.142. The summed E-state index contributed by atoms with van der Waals surface area (Å²) in [5.74, 6) is -3.22. The highest BCUT2D eigenvalue weighted by Gasteiger charge is 2.19. The Hall–Kier alpha value is -1.83. The number of halogens is 2. The highest BCUT2D eigenvalue weighted by Crippen LogP contribution is 2.17. The number of aliphatic carboxylic acids is 1. The lowest BCUT2D eigenvalue weighted by Gasteiger charge is -2.14. The number of carbonyl (C=O) groups is 2. The predicted molar refractivity (Wildman–Crippen MR) is 74.4 cm³/mol. The topological polar surface area (TPSA) is 75.6 Å². The molecule has 0 aliphatic heterocycles. The van der Waals surface area contributed by atoms with E-state index in [2.05, 4.69) is 5.32 Å². The van der Waals surface area contributed by atoms with Crippen LogP contribution >= 0.6 is 11.8 Å². The van der Waals surface area contributed by atoms with Gasteiger partial charge in [0.2, 0.25) is 0 Å². The van der Waals surface area contributed by atoms with Crippen LogP contribution in [0.4, 0.5) is 8.78 Å². The molecule has 0 radical (unpaired) electrons. The Morgan fingerprint density at radius 1 is 1.43 bits per heavy atom. The van der Waals surface area contributed by atoms with E-state index in [1.165, 1.54) is 11.8 Å². The van der Waals surface area contributed by atoms with Gasteiger partial charge in [-0.15, -0.1) is 0 Å². The van der Waals surface area contributed by atoms with Crippen molar-refractivity contribution >= 4 is 23.6 Å². The lowest BCUT2D eigenvalue weighted by atomic mass is 10.2. The number of carboxylic acid groups (broad SMARTS) is 1. The van der Waals surface area contributed by atoms with Gasteiger partial charge in [-0.1, -0.05) is 0 Å². The van der Waals surface area contributed by atoms with Crippen LogP contribution in [0.25, 0.3) is 0 Å². The number of ether oxygens (including phenoxy) is 1. The molecule has 0 saturated heterocycles. The molecule has 0 saturated carbocycles. The number of carbonyl (C=O) groups excluding carboxylic acids is 1. The Balaban J connectivity index is 2.50. The monoisotopic (exact) mass is 319 g/mol. The first-order valence-electron chi connectivity index (χ1n) is 6.03. The summed E-state index contributed by atoms with van der Waals surface area (Å²) in [5, 5.41) is 11.2. The van der Waals surface area contributed by atoms with Crippen molar-refractivity contribution in [2.75, 3.05) is 18.6 Å². The third-order valence-corrected chi connectivity index (χ3v) is 3.14. The number of carboxylic acids is 1. The molecule has 1 aromatic rings. The van der Waals surface area contributed by atoms with E-state index in [-0.39, 0.29) is 12.2 Å². The standard InChI is InChI=1S/C13H15F2NO4S/c1-21-5-4-10(13(18)19)16-12(17)7-20-11-3-2-8(14)6-9(11)15/h2-3,6,10H,4-5,7H2,1H3,(H,16,17)(H,18,19)/t10-/m0/s1. The second-order valence-electron chi connectivity index (χ2n) is 4.10. The van der Waals surface area contributed by atoms with Crippen LogP contribution in [0, 0.1) is 11.6 Å². The van der Waals surface area contributed by atoms with E-state index in [9.17, 15) is 18.4 Å². The van der Waals surface area contributed by atoms with Crippen LogP contribution in [-0.4, -0.2) is 41.6 Å². The van der Waals surface area contributed by atoms with E-state index >= 15 is 0 Å². The maximum Gasteiger partial charge on any atom is 0.326 e. The average molecular weight is 319 g/mol. The number of amides is 1. The highest BCUT2D eigenvalue weighted by atomic mass is 32.2. The Bertz CT molecular complexity index is 513. The van der Waals surface area contributed by atoms with Crippen molar-refractivity contribution in [2.24, 2.45) is 0 Å². The molecule has 0 aliphatic carbocycles. The zero-order chi connectivity index (χ0) is 15.8. The third kappa shape index (κ3) is 5.99. The Labute approximate surface area is 124 Å². The zero-order valence-electron chi connectivity index (χ0n) is 11.3. The molecule has 8 heteroatoms. The summed E-state index contributed by atoms with van der Waals surface area (Å²) in [4.78, 5) is 22.5. The highest BCUT2D eigenvalue weighted by molar-refractivity contribution is 7.98. The van der Waals surface area contributed by atoms with Crippen molar-refractivity contribution < 1.29 is 28.2 Å². The first-order chi connectivity index (χ1) is 9.93. The first-order valence-corrected chi connectivity index (χ1v) is 7.42. The van der Waals surface area contributed by atoms with E-state index < -0.39 is 36.2 Å². The van der Waals surface area contributed by atoms with E-state index in [0.29, 0.717) is 11.8 Å². The van der Waals surface area contributed by atoms with E-state index in [1.807, 2.05) is 6.26 Å². The Morgan fingerprint density at radius 2 is 2.14 bits per heavy atom. The Morgan fingerprint density at radius 3 is 2.71 bits per heavy atom. The summed E-state index contributed by atoms with van der Waals surface area (Å²) in [7, 11) is 0. The molecule has 1 rings (SSSR count). The minimum atomic E-state index is -1.15. The molecular formula is C13H15F2NO4S. The molecular weight excluding hydrogens is 304 g/mol. The van der Waals surface area contributed by atoms with Crippen molar-refractivity contribution in [3.8, 4) is 5.75 Å². The fraction of sp³-hybridized carbons (Fsp3) is 0.385. The lowest BCUT2D eigenvalue weighted by Crippen LogP contribution is -2.43. The number of benzene rings is 1. The molecule has 0 fully saturated rings. The first kappa shape index (κ1) is 17.2. The molecule has 1 aromatic carbocycles. The number of thioether (sulfide) groups is 1. The third-order valence-electron chi connectivity index (χ3n) is 2.50. The maximum atomic E-state index is 13.3. The van der Waals surface area contributed by atoms with Gasteiger partial charge in [0, 0.05) is 6.07 Å². The zero-order valence-corrected chi connectivity index (χ0v) is 12.1. The molecule has 116 valence electrons. The molecule has 0 aromatic heterocycles. The summed E-state index contributed by atoms with van der Waals surface area (Å²) in [5.41, 5.74) is 0. The summed E-state index contributed by atoms with van der Waals surface area (Å²) in [6, 6.07) is 1.66. The van der Waals surface area contributed by atoms with Gasteiger partial charge < -0.3 is 15.2 Å². The van der Waals surface area contributed by atoms with Gasteiger partial charge in [-0.25, -0.2) is 13.6 Å². The minimum Gasteiger partial charge on any atom is -0.481 e. The fourth-order valence-electron chi connectivity index (χ4n) is 1.46. The molecule has 1 amide bonds. The van der Waals surface area contributed by atoms with Crippen LogP contribution in [0.15, 0.2) is 18.2 Å². The minimum absolute atomic E-state index is 0.271. The van der Waals surface area contributed by atoms with Crippen molar-refractivity contribution in [1.29, 1.82) is 0 Å². The molecule has 1 atom stereocenters. The molecule has 0 aliphatic rings.